The zero-order valence-electron chi connectivity index (χ0n) is 10.6. The van der Waals surface area contributed by atoms with Gasteiger partial charge in [-0.25, -0.2) is 0 Å². The van der Waals surface area contributed by atoms with Gasteiger partial charge >= 0.3 is 5.97 Å². The van der Waals surface area contributed by atoms with Crippen molar-refractivity contribution in [3.63, 3.8) is 0 Å². The molecule has 0 heterocycles. The molecule has 0 aliphatic heterocycles. The fourth-order valence-electron chi connectivity index (χ4n) is 1.53. The topological polar surface area (TPSA) is 81.4 Å². The van der Waals surface area contributed by atoms with Gasteiger partial charge in [-0.3, -0.25) is 9.59 Å². The van der Waals surface area contributed by atoms with E-state index in [4.69, 9.17) is 5.73 Å². The number of carbonyl (C=O) groups excluding carboxylic acids is 2. The van der Waals surface area contributed by atoms with Crippen LogP contribution in [-0.2, 0) is 16.1 Å². The fourth-order valence-corrected chi connectivity index (χ4v) is 1.53. The summed E-state index contributed by atoms with van der Waals surface area (Å²) in [5.41, 5.74) is 6.63. The lowest BCUT2D eigenvalue weighted by Crippen LogP contribution is -2.28. The molecule has 3 N–H and O–H groups in total. The van der Waals surface area contributed by atoms with Crippen molar-refractivity contribution in [2.45, 2.75) is 25.9 Å². The minimum absolute atomic E-state index is 0.00897. The van der Waals surface area contributed by atoms with E-state index in [1.165, 1.54) is 7.11 Å². The molecule has 0 aliphatic rings. The summed E-state index contributed by atoms with van der Waals surface area (Å²) < 4.78 is 4.58. The highest BCUT2D eigenvalue weighted by Gasteiger charge is 2.08. The summed E-state index contributed by atoms with van der Waals surface area (Å²) in [4.78, 5) is 22.1. The van der Waals surface area contributed by atoms with Gasteiger partial charge in [-0.2, -0.15) is 0 Å². The summed E-state index contributed by atoms with van der Waals surface area (Å²) >= 11 is 0. The van der Waals surface area contributed by atoms with E-state index in [2.05, 4.69) is 10.1 Å². The molecule has 5 nitrogen and oxygen atoms in total. The lowest BCUT2D eigenvalue weighted by Gasteiger charge is -2.12. The van der Waals surface area contributed by atoms with Gasteiger partial charge in [-0.05, 0) is 24.6 Å². The number of nitrogens with one attached hydrogen (secondary N) is 1. The maximum atomic E-state index is 11.1. The highest BCUT2D eigenvalue weighted by atomic mass is 16.5. The first kappa shape index (κ1) is 14.2. The van der Waals surface area contributed by atoms with E-state index >= 15 is 0 Å². The van der Waals surface area contributed by atoms with Gasteiger partial charge < -0.3 is 15.8 Å². The molecular weight excluding hydrogens is 232 g/mol. The Morgan fingerprint density at radius 2 is 2.17 bits per heavy atom. The van der Waals surface area contributed by atoms with Gasteiger partial charge in [0.25, 0.3) is 0 Å². The van der Waals surface area contributed by atoms with Crippen molar-refractivity contribution in [3.05, 3.63) is 35.4 Å². The summed E-state index contributed by atoms with van der Waals surface area (Å²) in [7, 11) is 1.37. The Labute approximate surface area is 106 Å². The first-order chi connectivity index (χ1) is 8.52. The smallest absolute Gasteiger partial charge is 0.307 e. The molecule has 18 heavy (non-hydrogen) atoms. The quantitative estimate of drug-likeness (QED) is 0.733. The second kappa shape index (κ2) is 6.76. The fraction of sp³-hybridized carbons (Fsp3) is 0.385. The predicted molar refractivity (Wildman–Crippen MR) is 67.9 cm³/mol. The molecule has 0 bridgehead atoms. The molecule has 0 aromatic heterocycles. The van der Waals surface area contributed by atoms with Crippen molar-refractivity contribution in [2.75, 3.05) is 7.11 Å². The van der Waals surface area contributed by atoms with Crippen molar-refractivity contribution in [1.29, 1.82) is 0 Å². The minimum atomic E-state index is -0.445. The second-order valence-electron chi connectivity index (χ2n) is 4.13. The predicted octanol–water partition coefficient (Wildman–Crippen LogP) is 0.827. The molecule has 1 aromatic rings. The normalized spacial score (nSPS) is 11.9. The van der Waals surface area contributed by atoms with Crippen LogP contribution in [0.4, 0.5) is 0 Å². The van der Waals surface area contributed by atoms with E-state index in [1.807, 2.05) is 13.0 Å². The van der Waals surface area contributed by atoms with Gasteiger partial charge in [-0.1, -0.05) is 12.1 Å². The van der Waals surface area contributed by atoms with Crippen LogP contribution in [0.15, 0.2) is 24.3 Å². The number of ether oxygens (including phenoxy) is 1. The molecule has 5 heteroatoms. The molecule has 0 saturated carbocycles. The van der Waals surface area contributed by atoms with Gasteiger partial charge in [0, 0.05) is 18.2 Å². The number of rotatable bonds is 6. The first-order valence-corrected chi connectivity index (χ1v) is 5.72. The van der Waals surface area contributed by atoms with Crippen molar-refractivity contribution in [1.82, 2.24) is 5.32 Å². The van der Waals surface area contributed by atoms with Gasteiger partial charge in [0.05, 0.1) is 13.5 Å². The molecule has 1 unspecified atom stereocenters. The zero-order chi connectivity index (χ0) is 13.5. The number of amides is 1. The average Bonchev–Trinajstić information content (AvgIpc) is 2.36. The molecule has 0 radical (unpaired) electrons. The number of hydrogen-bond donors (Lipinski definition) is 2. The number of primary amides is 1. The third-order valence-electron chi connectivity index (χ3n) is 2.57. The Morgan fingerprint density at radius 1 is 1.44 bits per heavy atom. The second-order valence-corrected chi connectivity index (χ2v) is 4.13. The summed E-state index contributed by atoms with van der Waals surface area (Å²) in [6.07, 6.45) is 0.312. The minimum Gasteiger partial charge on any atom is -0.469 e. The lowest BCUT2D eigenvalue weighted by molar-refractivity contribution is -0.141. The van der Waals surface area contributed by atoms with Gasteiger partial charge in [0.15, 0.2) is 0 Å². The van der Waals surface area contributed by atoms with Crippen molar-refractivity contribution in [2.24, 2.45) is 5.73 Å². The van der Waals surface area contributed by atoms with Crippen LogP contribution in [0.5, 0.6) is 0 Å². The van der Waals surface area contributed by atoms with Crippen molar-refractivity contribution < 1.29 is 14.3 Å². The standard InChI is InChI=1S/C13H18N2O3/c1-9(6-12(16)18-2)15-8-10-4-3-5-11(7-10)13(14)17/h3-5,7,9,15H,6,8H2,1-2H3,(H2,14,17). The summed E-state index contributed by atoms with van der Waals surface area (Å²) in [6.45, 7) is 2.47. The zero-order valence-corrected chi connectivity index (χ0v) is 10.6. The van der Waals surface area contributed by atoms with Crippen LogP contribution in [0.25, 0.3) is 0 Å². The Balaban J connectivity index is 2.50. The van der Waals surface area contributed by atoms with E-state index in [-0.39, 0.29) is 12.0 Å². The van der Waals surface area contributed by atoms with Crippen LogP contribution in [0.1, 0.15) is 29.3 Å². The van der Waals surface area contributed by atoms with Crippen LogP contribution in [0, 0.1) is 0 Å². The molecule has 1 aromatic carbocycles. The summed E-state index contributed by atoms with van der Waals surface area (Å²) in [6, 6.07) is 7.09. The molecule has 0 saturated heterocycles. The molecule has 0 spiro atoms. The molecular formula is C13H18N2O3. The maximum Gasteiger partial charge on any atom is 0.307 e. The Bertz CT molecular complexity index is 432. The monoisotopic (exact) mass is 250 g/mol. The van der Waals surface area contributed by atoms with E-state index in [0.29, 0.717) is 18.5 Å². The van der Waals surface area contributed by atoms with Crippen LogP contribution in [0.2, 0.25) is 0 Å². The molecule has 1 rings (SSSR count). The number of methoxy groups -OCH3 is 1. The van der Waals surface area contributed by atoms with E-state index < -0.39 is 5.91 Å². The van der Waals surface area contributed by atoms with Crippen LogP contribution in [-0.4, -0.2) is 25.0 Å². The van der Waals surface area contributed by atoms with Crippen molar-refractivity contribution >= 4 is 11.9 Å². The molecule has 0 fully saturated rings. The summed E-state index contributed by atoms with van der Waals surface area (Å²) in [5.74, 6) is -0.694. The number of nitrogens with two attached hydrogens (primary N) is 1. The van der Waals surface area contributed by atoms with E-state index in [9.17, 15) is 9.59 Å². The largest absolute Gasteiger partial charge is 0.469 e. The van der Waals surface area contributed by atoms with Crippen LogP contribution < -0.4 is 11.1 Å². The van der Waals surface area contributed by atoms with Crippen LogP contribution >= 0.6 is 0 Å². The third kappa shape index (κ3) is 4.55. The Hall–Kier alpha value is -1.88. The van der Waals surface area contributed by atoms with Gasteiger partial charge in [0.1, 0.15) is 0 Å². The summed E-state index contributed by atoms with van der Waals surface area (Å²) in [5, 5.41) is 3.18. The lowest BCUT2D eigenvalue weighted by atomic mass is 10.1. The van der Waals surface area contributed by atoms with Crippen LogP contribution in [0.3, 0.4) is 0 Å². The number of hydrogen-bond acceptors (Lipinski definition) is 4. The average molecular weight is 250 g/mol. The Kier molecular flexibility index (Phi) is 5.32. The number of esters is 1. The van der Waals surface area contributed by atoms with E-state index in [1.54, 1.807) is 18.2 Å². The molecule has 1 amide bonds. The SMILES string of the molecule is COC(=O)CC(C)NCc1cccc(C(N)=O)c1. The van der Waals surface area contributed by atoms with Crippen molar-refractivity contribution in [3.8, 4) is 0 Å². The Morgan fingerprint density at radius 3 is 2.78 bits per heavy atom. The molecule has 98 valence electrons. The first-order valence-electron chi connectivity index (χ1n) is 5.72. The third-order valence-corrected chi connectivity index (χ3v) is 2.57. The van der Waals surface area contributed by atoms with Gasteiger partial charge in [0.2, 0.25) is 5.91 Å². The maximum absolute atomic E-state index is 11.1. The number of benzene rings is 1. The highest BCUT2D eigenvalue weighted by molar-refractivity contribution is 5.92. The number of carbonyl (C=O) groups is 2. The molecule has 0 aliphatic carbocycles. The molecule has 1 atom stereocenters. The van der Waals surface area contributed by atoms with E-state index in [0.717, 1.165) is 5.56 Å². The van der Waals surface area contributed by atoms with Gasteiger partial charge in [-0.15, -0.1) is 0 Å². The highest BCUT2D eigenvalue weighted by Crippen LogP contribution is 2.05.